The molecule has 0 unspecified atom stereocenters. The fraction of sp³-hybridized carbons (Fsp3) is 0.333. The van der Waals surface area contributed by atoms with Crippen LogP contribution in [0.5, 0.6) is 11.5 Å². The molecule has 1 N–H and O–H groups in total. The fourth-order valence-electron chi connectivity index (χ4n) is 2.12. The molecule has 158 valence electrons. The van der Waals surface area contributed by atoms with Gasteiger partial charge in [-0.05, 0) is 43.3 Å². The smallest absolute Gasteiger partial charge is 0.422 e. The van der Waals surface area contributed by atoms with E-state index in [0.29, 0.717) is 5.69 Å². The summed E-state index contributed by atoms with van der Waals surface area (Å²) in [5.41, 5.74) is 0.559. The Morgan fingerprint density at radius 3 is 1.93 bits per heavy atom. The molecule has 1 aromatic carbocycles. The van der Waals surface area contributed by atoms with Crippen LogP contribution in [-0.2, 0) is 0 Å². The zero-order chi connectivity index (χ0) is 21.7. The number of amides is 1. The van der Waals surface area contributed by atoms with Gasteiger partial charge in [0.2, 0.25) is 0 Å². The summed E-state index contributed by atoms with van der Waals surface area (Å²) < 4.78 is 81.8. The van der Waals surface area contributed by atoms with Crippen molar-refractivity contribution in [3.05, 3.63) is 53.9 Å². The van der Waals surface area contributed by atoms with E-state index in [1.165, 1.54) is 36.4 Å². The van der Waals surface area contributed by atoms with Gasteiger partial charge in [-0.2, -0.15) is 26.3 Å². The predicted molar refractivity (Wildman–Crippen MR) is 89.7 cm³/mol. The van der Waals surface area contributed by atoms with Crippen LogP contribution in [0.15, 0.2) is 42.6 Å². The first-order chi connectivity index (χ1) is 13.4. The number of nitrogens with zero attached hydrogens (tertiary/aromatic N) is 1. The van der Waals surface area contributed by atoms with E-state index in [9.17, 15) is 31.1 Å². The van der Waals surface area contributed by atoms with Crippen LogP contribution in [0.4, 0.5) is 26.3 Å². The summed E-state index contributed by atoms with van der Waals surface area (Å²) >= 11 is 0. The number of alkyl halides is 6. The molecule has 0 aliphatic heterocycles. The van der Waals surface area contributed by atoms with Crippen LogP contribution in [0.3, 0.4) is 0 Å². The maximum Gasteiger partial charge on any atom is 0.422 e. The van der Waals surface area contributed by atoms with E-state index in [1.807, 2.05) is 0 Å². The van der Waals surface area contributed by atoms with Gasteiger partial charge in [-0.15, -0.1) is 0 Å². The van der Waals surface area contributed by atoms with E-state index in [0.717, 1.165) is 6.20 Å². The van der Waals surface area contributed by atoms with Crippen molar-refractivity contribution in [2.24, 2.45) is 0 Å². The molecule has 0 saturated carbocycles. The highest BCUT2D eigenvalue weighted by atomic mass is 19.4. The number of carbonyl (C=O) groups excluding carboxylic acids is 1. The lowest BCUT2D eigenvalue weighted by molar-refractivity contribution is -0.154. The third-order valence-electron chi connectivity index (χ3n) is 3.47. The first-order valence-electron chi connectivity index (χ1n) is 8.19. The standard InChI is InChI=1S/C18H16F6N2O3/c1-11(15-7-6-14(8-25-15)29-10-18(22,23)24)26-16(27)12-2-4-13(5-3-12)28-9-17(19,20)21/h2-8,11H,9-10H2,1H3,(H,26,27)/t11-/m0/s1. The molecule has 1 aromatic heterocycles. The van der Waals surface area contributed by atoms with E-state index in [1.54, 1.807) is 6.92 Å². The summed E-state index contributed by atoms with van der Waals surface area (Å²) in [4.78, 5) is 16.2. The molecular formula is C18H16F6N2O3. The van der Waals surface area contributed by atoms with Gasteiger partial charge in [0.15, 0.2) is 13.2 Å². The lowest BCUT2D eigenvalue weighted by Gasteiger charge is -2.15. The molecule has 0 aliphatic rings. The monoisotopic (exact) mass is 422 g/mol. The number of rotatable bonds is 7. The van der Waals surface area contributed by atoms with Crippen molar-refractivity contribution < 1.29 is 40.6 Å². The third-order valence-corrected chi connectivity index (χ3v) is 3.47. The van der Waals surface area contributed by atoms with E-state index >= 15 is 0 Å². The number of pyridine rings is 1. The fourth-order valence-corrected chi connectivity index (χ4v) is 2.12. The molecule has 2 aromatic rings. The summed E-state index contributed by atoms with van der Waals surface area (Å²) in [5.74, 6) is -0.624. The van der Waals surface area contributed by atoms with Crippen LogP contribution in [-0.4, -0.2) is 36.5 Å². The Labute approximate surface area is 161 Å². The van der Waals surface area contributed by atoms with Crippen LogP contribution >= 0.6 is 0 Å². The van der Waals surface area contributed by atoms with Crippen molar-refractivity contribution in [2.45, 2.75) is 25.3 Å². The van der Waals surface area contributed by atoms with Crippen LogP contribution in [0.1, 0.15) is 29.0 Å². The molecule has 2 rings (SSSR count). The Hall–Kier alpha value is -2.98. The lowest BCUT2D eigenvalue weighted by Crippen LogP contribution is -2.27. The van der Waals surface area contributed by atoms with E-state index in [4.69, 9.17) is 0 Å². The van der Waals surface area contributed by atoms with Gasteiger partial charge >= 0.3 is 12.4 Å². The van der Waals surface area contributed by atoms with Gasteiger partial charge in [-0.1, -0.05) is 0 Å². The highest BCUT2D eigenvalue weighted by molar-refractivity contribution is 5.94. The van der Waals surface area contributed by atoms with Crippen molar-refractivity contribution in [1.29, 1.82) is 0 Å². The summed E-state index contributed by atoms with van der Waals surface area (Å²) in [5, 5.41) is 2.62. The van der Waals surface area contributed by atoms with Crippen molar-refractivity contribution in [2.75, 3.05) is 13.2 Å². The number of hydrogen-bond acceptors (Lipinski definition) is 4. The van der Waals surface area contributed by atoms with Crippen molar-refractivity contribution in [3.8, 4) is 11.5 Å². The molecule has 0 bridgehead atoms. The van der Waals surface area contributed by atoms with Gasteiger partial charge < -0.3 is 14.8 Å². The number of halogens is 6. The highest BCUT2D eigenvalue weighted by Crippen LogP contribution is 2.21. The minimum absolute atomic E-state index is 0.0389. The maximum absolute atomic E-state index is 12.2. The van der Waals surface area contributed by atoms with Crippen molar-refractivity contribution in [1.82, 2.24) is 10.3 Å². The Balaban J connectivity index is 1.91. The first kappa shape index (κ1) is 22.3. The number of nitrogens with one attached hydrogen (secondary N) is 1. The summed E-state index contributed by atoms with van der Waals surface area (Å²) in [6, 6.07) is 7.19. The normalized spacial score (nSPS) is 12.9. The number of carbonyl (C=O) groups is 1. The van der Waals surface area contributed by atoms with Crippen molar-refractivity contribution in [3.63, 3.8) is 0 Å². The average molecular weight is 422 g/mol. The quantitative estimate of drug-likeness (QED) is 0.670. The largest absolute Gasteiger partial charge is 0.484 e. The number of ether oxygens (including phenoxy) is 2. The second-order valence-electron chi connectivity index (χ2n) is 5.95. The zero-order valence-electron chi connectivity index (χ0n) is 15.0. The Morgan fingerprint density at radius 2 is 1.45 bits per heavy atom. The van der Waals surface area contributed by atoms with E-state index < -0.39 is 37.5 Å². The molecule has 11 heteroatoms. The molecule has 1 heterocycles. The summed E-state index contributed by atoms with van der Waals surface area (Å²) in [6.45, 7) is -1.27. The van der Waals surface area contributed by atoms with Gasteiger partial charge in [0.25, 0.3) is 5.91 Å². The molecular weight excluding hydrogens is 406 g/mol. The number of benzene rings is 1. The maximum atomic E-state index is 12.2. The second-order valence-corrected chi connectivity index (χ2v) is 5.95. The molecule has 0 spiro atoms. The number of hydrogen-bond donors (Lipinski definition) is 1. The lowest BCUT2D eigenvalue weighted by atomic mass is 10.1. The minimum Gasteiger partial charge on any atom is -0.484 e. The van der Waals surface area contributed by atoms with Crippen molar-refractivity contribution >= 4 is 5.91 Å². The van der Waals surface area contributed by atoms with E-state index in [-0.39, 0.29) is 17.1 Å². The molecule has 0 saturated heterocycles. The Kier molecular flexibility index (Phi) is 6.93. The third kappa shape index (κ3) is 7.88. The highest BCUT2D eigenvalue weighted by Gasteiger charge is 2.29. The molecule has 0 aliphatic carbocycles. The van der Waals surface area contributed by atoms with Crippen LogP contribution in [0.25, 0.3) is 0 Å². The van der Waals surface area contributed by atoms with E-state index in [2.05, 4.69) is 19.8 Å². The zero-order valence-corrected chi connectivity index (χ0v) is 15.0. The Morgan fingerprint density at radius 1 is 0.931 bits per heavy atom. The summed E-state index contributed by atoms with van der Waals surface area (Å²) in [7, 11) is 0. The molecule has 1 atom stereocenters. The predicted octanol–water partition coefficient (Wildman–Crippen LogP) is 4.45. The van der Waals surface area contributed by atoms with Gasteiger partial charge in [-0.3, -0.25) is 9.78 Å². The number of aromatic nitrogens is 1. The van der Waals surface area contributed by atoms with Crippen LogP contribution in [0.2, 0.25) is 0 Å². The summed E-state index contributed by atoms with van der Waals surface area (Å²) in [6.07, 6.45) is -7.82. The Bertz CT molecular complexity index is 804. The van der Waals surface area contributed by atoms with Gasteiger partial charge in [0.05, 0.1) is 17.9 Å². The molecule has 1 amide bonds. The minimum atomic E-state index is -4.47. The average Bonchev–Trinajstić information content (AvgIpc) is 2.64. The van der Waals surface area contributed by atoms with Crippen LogP contribution in [0, 0.1) is 0 Å². The molecule has 0 fully saturated rings. The van der Waals surface area contributed by atoms with Gasteiger partial charge in [-0.25, -0.2) is 0 Å². The first-order valence-corrected chi connectivity index (χ1v) is 8.19. The molecule has 5 nitrogen and oxygen atoms in total. The second kappa shape index (κ2) is 9.01. The molecule has 29 heavy (non-hydrogen) atoms. The molecule has 0 radical (unpaired) electrons. The van der Waals surface area contributed by atoms with Crippen LogP contribution < -0.4 is 14.8 Å². The SMILES string of the molecule is C[C@H](NC(=O)c1ccc(OCC(F)(F)F)cc1)c1ccc(OCC(F)(F)F)cn1. The topological polar surface area (TPSA) is 60.5 Å². The van der Waals surface area contributed by atoms with Gasteiger partial charge in [0, 0.05) is 5.56 Å². The van der Waals surface area contributed by atoms with Gasteiger partial charge in [0.1, 0.15) is 11.5 Å².